The zero-order valence-electron chi connectivity index (χ0n) is 15.8. The summed E-state index contributed by atoms with van der Waals surface area (Å²) in [7, 11) is -2.27. The number of anilines is 1. The molecular weight excluding hydrogens is 376 g/mol. The number of rotatable bonds is 5. The third kappa shape index (κ3) is 4.20. The van der Waals surface area contributed by atoms with Gasteiger partial charge in [0.05, 0.1) is 17.6 Å². The van der Waals surface area contributed by atoms with Gasteiger partial charge in [-0.2, -0.15) is 0 Å². The molecule has 0 saturated carbocycles. The molecule has 0 saturated heterocycles. The van der Waals surface area contributed by atoms with Crippen LogP contribution in [0.25, 0.3) is 0 Å². The Labute approximate surface area is 164 Å². The summed E-state index contributed by atoms with van der Waals surface area (Å²) in [6.45, 7) is 3.89. The maximum atomic E-state index is 12.7. The smallest absolute Gasteiger partial charge is 0.257 e. The number of amides is 1. The van der Waals surface area contributed by atoms with Crippen molar-refractivity contribution in [1.29, 1.82) is 0 Å². The number of nitrogens with zero attached hydrogens (tertiary/aromatic N) is 1. The van der Waals surface area contributed by atoms with Crippen molar-refractivity contribution in [1.82, 2.24) is 4.98 Å². The van der Waals surface area contributed by atoms with E-state index in [2.05, 4.69) is 10.3 Å². The van der Waals surface area contributed by atoms with E-state index in [0.29, 0.717) is 11.4 Å². The number of ether oxygens (including phenoxy) is 1. The van der Waals surface area contributed by atoms with Crippen LogP contribution in [0.15, 0.2) is 70.7 Å². The van der Waals surface area contributed by atoms with Gasteiger partial charge in [0.1, 0.15) is 5.75 Å². The summed E-state index contributed by atoms with van der Waals surface area (Å²) >= 11 is 0. The fourth-order valence-electron chi connectivity index (χ4n) is 2.80. The number of carbonyl (C=O) groups excluding carboxylic acids is 1. The Morgan fingerprint density at radius 1 is 0.964 bits per heavy atom. The number of methoxy groups -OCH3 is 1. The SMILES string of the molecule is COc1ccc(S(=O)(=O)c2ccc(C(=O)Nc3cc(C)cc(C)c3)cn2)cc1. The molecule has 7 heteroatoms. The Hall–Kier alpha value is -3.19. The first-order valence-electron chi connectivity index (χ1n) is 8.54. The molecule has 28 heavy (non-hydrogen) atoms. The van der Waals surface area contributed by atoms with Crippen molar-refractivity contribution in [2.75, 3.05) is 12.4 Å². The number of hydrogen-bond donors (Lipinski definition) is 1. The summed E-state index contributed by atoms with van der Waals surface area (Å²) in [4.78, 5) is 16.5. The van der Waals surface area contributed by atoms with Crippen LogP contribution in [0.4, 0.5) is 5.69 Å². The van der Waals surface area contributed by atoms with Crippen LogP contribution in [0.5, 0.6) is 5.75 Å². The summed E-state index contributed by atoms with van der Waals surface area (Å²) in [6, 6.07) is 14.6. The normalized spacial score (nSPS) is 11.1. The first-order chi connectivity index (χ1) is 13.3. The average Bonchev–Trinajstić information content (AvgIpc) is 2.67. The Bertz CT molecular complexity index is 1090. The lowest BCUT2D eigenvalue weighted by atomic mass is 10.1. The topological polar surface area (TPSA) is 85.4 Å². The van der Waals surface area contributed by atoms with Crippen LogP contribution >= 0.6 is 0 Å². The van der Waals surface area contributed by atoms with Crippen LogP contribution in [0.3, 0.4) is 0 Å². The molecule has 3 aromatic rings. The maximum Gasteiger partial charge on any atom is 0.257 e. The molecule has 3 rings (SSSR count). The third-order valence-electron chi connectivity index (χ3n) is 4.12. The van der Waals surface area contributed by atoms with E-state index in [1.807, 2.05) is 32.0 Å². The molecule has 0 radical (unpaired) electrons. The number of benzene rings is 2. The van der Waals surface area contributed by atoms with Gasteiger partial charge in [-0.3, -0.25) is 4.79 Å². The van der Waals surface area contributed by atoms with E-state index >= 15 is 0 Å². The molecule has 1 amide bonds. The van der Waals surface area contributed by atoms with Crippen molar-refractivity contribution < 1.29 is 17.9 Å². The van der Waals surface area contributed by atoms with Crippen molar-refractivity contribution in [2.45, 2.75) is 23.8 Å². The van der Waals surface area contributed by atoms with Crippen LogP contribution in [0, 0.1) is 13.8 Å². The number of aryl methyl sites for hydroxylation is 2. The largest absolute Gasteiger partial charge is 0.497 e. The third-order valence-corrected chi connectivity index (χ3v) is 5.81. The van der Waals surface area contributed by atoms with Gasteiger partial charge in [0.2, 0.25) is 9.84 Å². The van der Waals surface area contributed by atoms with Gasteiger partial charge in [-0.1, -0.05) is 6.07 Å². The molecule has 0 bridgehead atoms. The maximum absolute atomic E-state index is 12.7. The predicted octanol–water partition coefficient (Wildman–Crippen LogP) is 3.79. The van der Waals surface area contributed by atoms with Gasteiger partial charge in [-0.05, 0) is 73.5 Å². The standard InChI is InChI=1S/C21H20N2O4S/c1-14-10-15(2)12-17(11-14)23-21(24)16-4-9-20(22-13-16)28(25,26)19-7-5-18(27-3)6-8-19/h4-13H,1-3H3,(H,23,24). The monoisotopic (exact) mass is 396 g/mol. The van der Waals surface area contributed by atoms with E-state index in [9.17, 15) is 13.2 Å². The fourth-order valence-corrected chi connectivity index (χ4v) is 3.97. The molecule has 0 spiro atoms. The van der Waals surface area contributed by atoms with Crippen molar-refractivity contribution in [2.24, 2.45) is 0 Å². The molecule has 1 N–H and O–H groups in total. The van der Waals surface area contributed by atoms with E-state index < -0.39 is 9.84 Å². The molecule has 1 heterocycles. The Kier molecular flexibility index (Phi) is 5.46. The van der Waals surface area contributed by atoms with E-state index in [-0.39, 0.29) is 21.4 Å². The molecule has 6 nitrogen and oxygen atoms in total. The minimum absolute atomic E-state index is 0.105. The Morgan fingerprint density at radius 3 is 2.14 bits per heavy atom. The van der Waals surface area contributed by atoms with Crippen LogP contribution in [0.1, 0.15) is 21.5 Å². The molecule has 144 valence electrons. The zero-order chi connectivity index (χ0) is 20.3. The molecule has 0 aliphatic carbocycles. The van der Waals surface area contributed by atoms with Gasteiger partial charge < -0.3 is 10.1 Å². The highest BCUT2D eigenvalue weighted by atomic mass is 32.2. The summed E-state index contributed by atoms with van der Waals surface area (Å²) in [5.41, 5.74) is 3.02. The van der Waals surface area contributed by atoms with Gasteiger partial charge >= 0.3 is 0 Å². The molecule has 0 fully saturated rings. The van der Waals surface area contributed by atoms with Gasteiger partial charge in [-0.25, -0.2) is 13.4 Å². The first kappa shape index (κ1) is 19.6. The lowest BCUT2D eigenvalue weighted by Gasteiger charge is -2.08. The average molecular weight is 396 g/mol. The van der Waals surface area contributed by atoms with Crippen molar-refractivity contribution >= 4 is 21.4 Å². The molecule has 2 aromatic carbocycles. The highest BCUT2D eigenvalue weighted by molar-refractivity contribution is 7.91. The molecule has 0 aliphatic rings. The van der Waals surface area contributed by atoms with Crippen molar-refractivity contribution in [3.8, 4) is 5.75 Å². The molecule has 0 atom stereocenters. The fraction of sp³-hybridized carbons (Fsp3) is 0.143. The molecule has 0 unspecified atom stereocenters. The van der Waals surface area contributed by atoms with Crippen molar-refractivity contribution in [3.05, 3.63) is 77.5 Å². The minimum Gasteiger partial charge on any atom is -0.497 e. The minimum atomic E-state index is -3.77. The van der Waals surface area contributed by atoms with Crippen LogP contribution in [-0.4, -0.2) is 26.4 Å². The second-order valence-electron chi connectivity index (χ2n) is 6.39. The highest BCUT2D eigenvalue weighted by Crippen LogP contribution is 2.22. The number of sulfone groups is 1. The quantitative estimate of drug-likeness (QED) is 0.709. The van der Waals surface area contributed by atoms with Gasteiger partial charge in [0, 0.05) is 11.9 Å². The van der Waals surface area contributed by atoms with Crippen LogP contribution < -0.4 is 10.1 Å². The lowest BCUT2D eigenvalue weighted by Crippen LogP contribution is -2.13. The van der Waals surface area contributed by atoms with Gasteiger partial charge in [-0.15, -0.1) is 0 Å². The number of aromatic nitrogens is 1. The second-order valence-corrected chi connectivity index (χ2v) is 8.29. The Morgan fingerprint density at radius 2 is 1.61 bits per heavy atom. The van der Waals surface area contributed by atoms with E-state index in [1.165, 1.54) is 37.6 Å². The summed E-state index contributed by atoms with van der Waals surface area (Å²) in [5.74, 6) is 0.205. The zero-order valence-corrected chi connectivity index (χ0v) is 16.6. The molecule has 1 aromatic heterocycles. The molecular formula is C21H20N2O4S. The second kappa shape index (κ2) is 7.82. The number of carbonyl (C=O) groups is 1. The van der Waals surface area contributed by atoms with Gasteiger partial charge in [0.15, 0.2) is 5.03 Å². The van der Waals surface area contributed by atoms with E-state index in [4.69, 9.17) is 4.74 Å². The number of nitrogens with one attached hydrogen (secondary N) is 1. The summed E-state index contributed by atoms with van der Waals surface area (Å²) < 4.78 is 30.4. The summed E-state index contributed by atoms with van der Waals surface area (Å²) in [6.07, 6.45) is 1.26. The lowest BCUT2D eigenvalue weighted by molar-refractivity contribution is 0.102. The number of hydrogen-bond acceptors (Lipinski definition) is 5. The molecule has 0 aliphatic heterocycles. The van der Waals surface area contributed by atoms with Crippen molar-refractivity contribution in [3.63, 3.8) is 0 Å². The number of pyridine rings is 1. The van der Waals surface area contributed by atoms with Gasteiger partial charge in [0.25, 0.3) is 5.91 Å². The summed E-state index contributed by atoms with van der Waals surface area (Å²) in [5, 5.41) is 2.68. The highest BCUT2D eigenvalue weighted by Gasteiger charge is 2.20. The van der Waals surface area contributed by atoms with E-state index in [0.717, 1.165) is 11.1 Å². The first-order valence-corrected chi connectivity index (χ1v) is 10.0. The predicted molar refractivity (Wildman–Crippen MR) is 107 cm³/mol. The van der Waals surface area contributed by atoms with Crippen LogP contribution in [0.2, 0.25) is 0 Å². The Balaban J connectivity index is 1.81. The van der Waals surface area contributed by atoms with Crippen LogP contribution in [-0.2, 0) is 9.84 Å². The van der Waals surface area contributed by atoms with E-state index in [1.54, 1.807) is 12.1 Å².